The molecule has 0 saturated heterocycles. The maximum absolute atomic E-state index is 2.45. The molecule has 0 saturated carbocycles. The van der Waals surface area contributed by atoms with Crippen molar-refractivity contribution in [3.05, 3.63) is 206 Å². The predicted molar refractivity (Wildman–Crippen MR) is 260 cm³/mol. The fourth-order valence-electron chi connectivity index (χ4n) is 10.2. The zero-order chi connectivity index (χ0) is 40.8. The highest BCUT2D eigenvalue weighted by Gasteiger charge is 2.30. The van der Waals surface area contributed by atoms with Crippen LogP contribution in [0.1, 0.15) is 5.56 Å². The molecule has 290 valence electrons. The Morgan fingerprint density at radius 3 is 1.16 bits per heavy atom. The molecule has 0 aromatic heterocycles. The molecule has 10 aromatic carbocycles. The van der Waals surface area contributed by atoms with E-state index in [1.54, 1.807) is 0 Å². The van der Waals surface area contributed by atoms with Gasteiger partial charge in [-0.3, -0.25) is 0 Å². The van der Waals surface area contributed by atoms with E-state index in [9.17, 15) is 0 Å². The molecule has 0 amide bonds. The molecule has 0 spiro atoms. The van der Waals surface area contributed by atoms with E-state index >= 15 is 0 Å². The molecule has 0 atom stereocenters. The van der Waals surface area contributed by atoms with E-state index in [-0.39, 0.29) is 0 Å². The summed E-state index contributed by atoms with van der Waals surface area (Å²) in [6.07, 6.45) is 0. The van der Waals surface area contributed by atoms with Crippen molar-refractivity contribution in [1.29, 1.82) is 0 Å². The highest BCUT2D eigenvalue weighted by atomic mass is 15.3. The minimum absolute atomic E-state index is 1.12. The predicted octanol–water partition coefficient (Wildman–Crippen LogP) is 15.9. The van der Waals surface area contributed by atoms with E-state index in [1.807, 2.05) is 0 Å². The van der Waals surface area contributed by atoms with Crippen LogP contribution in [0, 0.1) is 6.92 Å². The first kappa shape index (κ1) is 35.2. The average molecular weight is 783 g/mol. The first-order valence-corrected chi connectivity index (χ1v) is 21.1. The molecule has 2 aliphatic heterocycles. The van der Waals surface area contributed by atoms with Crippen molar-refractivity contribution < 1.29 is 0 Å². The highest BCUT2D eigenvalue weighted by Crippen LogP contribution is 2.55. The van der Waals surface area contributed by atoms with Crippen LogP contribution < -0.4 is 19.6 Å². The van der Waals surface area contributed by atoms with Gasteiger partial charge < -0.3 is 19.6 Å². The van der Waals surface area contributed by atoms with Gasteiger partial charge >= 0.3 is 0 Å². The van der Waals surface area contributed by atoms with Crippen molar-refractivity contribution in [2.24, 2.45) is 0 Å². The molecule has 0 fully saturated rings. The molecule has 61 heavy (non-hydrogen) atoms. The third kappa shape index (κ3) is 5.25. The number of hydrogen-bond donors (Lipinski definition) is 0. The molecular weight excluding hydrogens is 741 g/mol. The van der Waals surface area contributed by atoms with Crippen LogP contribution in [0.4, 0.5) is 56.9 Å². The van der Waals surface area contributed by atoms with Gasteiger partial charge in [0.1, 0.15) is 0 Å². The van der Waals surface area contributed by atoms with E-state index in [1.165, 1.54) is 82.9 Å². The lowest BCUT2D eigenvalue weighted by molar-refractivity contribution is 1.13. The normalized spacial score (nSPS) is 13.0. The van der Waals surface area contributed by atoms with Gasteiger partial charge in [0.15, 0.2) is 0 Å². The number of nitrogens with zero attached hydrogens (tertiary/aromatic N) is 4. The van der Waals surface area contributed by atoms with Crippen LogP contribution >= 0.6 is 0 Å². The highest BCUT2D eigenvalue weighted by molar-refractivity contribution is 6.25. The minimum Gasteiger partial charge on any atom is -0.341 e. The van der Waals surface area contributed by atoms with Crippen LogP contribution in [0.5, 0.6) is 0 Å². The van der Waals surface area contributed by atoms with Crippen molar-refractivity contribution in [3.8, 4) is 22.3 Å². The number of para-hydroxylation sites is 8. The van der Waals surface area contributed by atoms with E-state index < -0.39 is 0 Å². The van der Waals surface area contributed by atoms with Crippen molar-refractivity contribution in [1.82, 2.24) is 0 Å². The summed E-state index contributed by atoms with van der Waals surface area (Å²) in [7, 11) is 4.34. The average Bonchev–Trinajstić information content (AvgIpc) is 3.31. The second-order valence-corrected chi connectivity index (χ2v) is 16.3. The monoisotopic (exact) mass is 782 g/mol. The molecule has 2 heterocycles. The molecule has 10 aromatic rings. The summed E-state index contributed by atoms with van der Waals surface area (Å²) in [5, 5.41) is 7.35. The second-order valence-electron chi connectivity index (χ2n) is 16.3. The summed E-state index contributed by atoms with van der Waals surface area (Å²) in [6, 6.07) is 73.8. The Morgan fingerprint density at radius 1 is 0.295 bits per heavy atom. The van der Waals surface area contributed by atoms with Crippen LogP contribution in [-0.2, 0) is 0 Å². The molecule has 12 rings (SSSR count). The lowest BCUT2D eigenvalue weighted by Crippen LogP contribution is -2.24. The van der Waals surface area contributed by atoms with Crippen LogP contribution in [0.3, 0.4) is 0 Å². The van der Waals surface area contributed by atoms with Crippen molar-refractivity contribution >= 4 is 89.2 Å². The number of fused-ring (bicyclic) bond motifs is 7. The second kappa shape index (κ2) is 13.6. The number of benzene rings is 10. The van der Waals surface area contributed by atoms with Gasteiger partial charge in [0.05, 0.1) is 45.5 Å². The molecule has 0 unspecified atom stereocenters. The summed E-state index contributed by atoms with van der Waals surface area (Å²) in [5.41, 5.74) is 17.8. The first-order chi connectivity index (χ1) is 30.0. The van der Waals surface area contributed by atoms with Gasteiger partial charge in [-0.25, -0.2) is 0 Å². The number of hydrogen-bond acceptors (Lipinski definition) is 4. The van der Waals surface area contributed by atoms with Crippen LogP contribution in [-0.4, -0.2) is 14.1 Å². The summed E-state index contributed by atoms with van der Waals surface area (Å²) in [6.45, 7) is 2.24. The maximum Gasteiger partial charge on any atom is 0.0699 e. The van der Waals surface area contributed by atoms with E-state index in [4.69, 9.17) is 0 Å². The maximum atomic E-state index is 2.45. The largest absolute Gasteiger partial charge is 0.341 e. The van der Waals surface area contributed by atoms with Gasteiger partial charge in [0.2, 0.25) is 0 Å². The summed E-state index contributed by atoms with van der Waals surface area (Å²) < 4.78 is 0. The van der Waals surface area contributed by atoms with Crippen molar-refractivity contribution in [2.75, 3.05) is 33.7 Å². The first-order valence-electron chi connectivity index (χ1n) is 21.1. The van der Waals surface area contributed by atoms with Gasteiger partial charge in [-0.15, -0.1) is 0 Å². The Morgan fingerprint density at radius 2 is 0.672 bits per heavy atom. The molecule has 4 heteroatoms. The molecular formula is C57H42N4. The quantitative estimate of drug-likeness (QED) is 0.165. The number of rotatable bonds is 4. The molecule has 0 bridgehead atoms. The summed E-state index contributed by atoms with van der Waals surface area (Å²) in [4.78, 5) is 9.50. The van der Waals surface area contributed by atoms with Gasteiger partial charge in [-0.1, -0.05) is 127 Å². The smallest absolute Gasteiger partial charge is 0.0699 e. The molecule has 0 N–H and O–H groups in total. The Labute approximate surface area is 356 Å². The lowest BCUT2D eigenvalue weighted by atomic mass is 9.83. The lowest BCUT2D eigenvalue weighted by Gasteiger charge is -2.39. The molecule has 4 nitrogen and oxygen atoms in total. The SMILES string of the molecule is Cc1ccccc1-c1c2cc(N3c4ccccc4N(C)c4ccccc43)ccc2c(-c2cccc3ccccc23)c2cc(N3c4ccccc4N(C)c4ccccc43)ccc12. The number of aryl methyl sites for hydroxylation is 1. The molecule has 0 aliphatic carbocycles. The van der Waals surface area contributed by atoms with Crippen molar-refractivity contribution in [2.45, 2.75) is 6.92 Å². The third-order valence-electron chi connectivity index (χ3n) is 13.0. The third-order valence-corrected chi connectivity index (χ3v) is 13.0. The van der Waals surface area contributed by atoms with Crippen LogP contribution in [0.25, 0.3) is 54.6 Å². The van der Waals surface area contributed by atoms with Crippen LogP contribution in [0.2, 0.25) is 0 Å². The number of anilines is 10. The minimum atomic E-state index is 1.12. The standard InChI is InChI=1S/C57H42N4/c1-37-17-4-6-20-41(37)56-44-33-31-40(61-54-29-14-10-25-50(54)59(3)51-26-11-15-30-55(51)61)36-47(44)57(43-22-16-19-38-18-5-7-21-42(38)43)45-34-32-39(35-46(45)56)60-52-27-12-8-23-48(52)58(2)49-24-9-13-28-53(49)60/h4-36H,1-3H3. The van der Waals surface area contributed by atoms with E-state index in [0.717, 1.165) is 34.1 Å². The van der Waals surface area contributed by atoms with E-state index in [0.29, 0.717) is 0 Å². The topological polar surface area (TPSA) is 13.0 Å². The van der Waals surface area contributed by atoms with Gasteiger partial charge in [0.25, 0.3) is 0 Å². The van der Waals surface area contributed by atoms with E-state index in [2.05, 4.69) is 241 Å². The van der Waals surface area contributed by atoms with Gasteiger partial charge in [0, 0.05) is 25.5 Å². The summed E-state index contributed by atoms with van der Waals surface area (Å²) in [5.74, 6) is 0. The van der Waals surface area contributed by atoms with Gasteiger partial charge in [-0.2, -0.15) is 0 Å². The molecule has 0 radical (unpaired) electrons. The Hall–Kier alpha value is -7.82. The Bertz CT molecular complexity index is 3300. The fourth-order valence-corrected chi connectivity index (χ4v) is 10.2. The van der Waals surface area contributed by atoms with Crippen molar-refractivity contribution in [3.63, 3.8) is 0 Å². The summed E-state index contributed by atoms with van der Waals surface area (Å²) >= 11 is 0. The fraction of sp³-hybridized carbons (Fsp3) is 0.0526. The Balaban J connectivity index is 1.21. The zero-order valence-corrected chi connectivity index (χ0v) is 34.3. The zero-order valence-electron chi connectivity index (χ0n) is 34.3. The Kier molecular flexibility index (Phi) is 7.85. The molecule has 2 aliphatic rings. The van der Waals surface area contributed by atoms with Crippen LogP contribution in [0.15, 0.2) is 200 Å². The van der Waals surface area contributed by atoms with Gasteiger partial charge in [-0.05, 0) is 140 Å².